The van der Waals surface area contributed by atoms with Crippen LogP contribution in [-0.4, -0.2) is 18.5 Å². The lowest BCUT2D eigenvalue weighted by Gasteiger charge is -2.18. The molecule has 1 heterocycles. The van der Waals surface area contributed by atoms with Crippen LogP contribution in [0, 0.1) is 17.5 Å². The Morgan fingerprint density at radius 2 is 1.64 bits per heavy atom. The monoisotopic (exact) mass is 405 g/mol. The van der Waals surface area contributed by atoms with Crippen molar-refractivity contribution in [1.29, 1.82) is 0 Å². The predicted octanol–water partition coefficient (Wildman–Crippen LogP) is 4.23. The fraction of sp³-hybridized carbons (Fsp3) is 0.100. The summed E-state index contributed by atoms with van der Waals surface area (Å²) in [6.07, 6.45) is 0. The van der Waals surface area contributed by atoms with Gasteiger partial charge in [-0.25, -0.2) is 18.0 Å². The molecule has 0 aliphatic rings. The van der Waals surface area contributed by atoms with Crippen molar-refractivity contribution in [2.45, 2.75) is 6.04 Å². The van der Waals surface area contributed by atoms with Crippen LogP contribution < -0.4 is 5.32 Å². The summed E-state index contributed by atoms with van der Waals surface area (Å²) in [5, 5.41) is 4.54. The SMILES string of the molecule is O=C(COC(=O)c1cc(F)cc(F)c1)N[C@@H](c1ccc(F)cc1)c1cccs1. The summed E-state index contributed by atoms with van der Waals surface area (Å²) in [5.41, 5.74) is 0.314. The highest BCUT2D eigenvalue weighted by Gasteiger charge is 2.19. The summed E-state index contributed by atoms with van der Waals surface area (Å²) in [6.45, 7) is -0.639. The highest BCUT2D eigenvalue weighted by Crippen LogP contribution is 2.26. The molecule has 8 heteroatoms. The fourth-order valence-electron chi connectivity index (χ4n) is 2.52. The maximum Gasteiger partial charge on any atom is 0.338 e. The maximum atomic E-state index is 13.2. The molecular formula is C20H14F3NO3S. The van der Waals surface area contributed by atoms with Crippen LogP contribution in [0.5, 0.6) is 0 Å². The third-order valence-corrected chi connectivity index (χ3v) is 4.71. The topological polar surface area (TPSA) is 55.4 Å². The lowest BCUT2D eigenvalue weighted by atomic mass is 10.1. The second-order valence-electron chi connectivity index (χ2n) is 5.80. The maximum absolute atomic E-state index is 13.2. The van der Waals surface area contributed by atoms with Gasteiger partial charge < -0.3 is 10.1 Å². The Morgan fingerprint density at radius 1 is 0.964 bits per heavy atom. The van der Waals surface area contributed by atoms with E-state index in [9.17, 15) is 22.8 Å². The zero-order valence-electron chi connectivity index (χ0n) is 14.3. The summed E-state index contributed by atoms with van der Waals surface area (Å²) in [4.78, 5) is 25.0. The lowest BCUT2D eigenvalue weighted by molar-refractivity contribution is -0.124. The molecule has 0 bridgehead atoms. The molecular weight excluding hydrogens is 391 g/mol. The van der Waals surface area contributed by atoms with Crippen molar-refractivity contribution in [2.24, 2.45) is 0 Å². The van der Waals surface area contributed by atoms with E-state index in [0.29, 0.717) is 11.6 Å². The molecule has 3 aromatic rings. The summed E-state index contributed by atoms with van der Waals surface area (Å²) in [7, 11) is 0. The molecule has 1 amide bonds. The zero-order chi connectivity index (χ0) is 20.1. The number of carbonyl (C=O) groups is 2. The molecule has 0 saturated carbocycles. The molecule has 3 rings (SSSR count). The molecule has 4 nitrogen and oxygen atoms in total. The Morgan fingerprint density at radius 3 is 2.25 bits per heavy atom. The van der Waals surface area contributed by atoms with Crippen LogP contribution in [0.1, 0.15) is 26.8 Å². The molecule has 144 valence electrons. The van der Waals surface area contributed by atoms with Crippen LogP contribution in [-0.2, 0) is 9.53 Å². The summed E-state index contributed by atoms with van der Waals surface area (Å²) in [6, 6.07) is 11.0. The van der Waals surface area contributed by atoms with Crippen molar-refractivity contribution in [3.8, 4) is 0 Å². The number of rotatable bonds is 6. The largest absolute Gasteiger partial charge is 0.452 e. The minimum absolute atomic E-state index is 0.335. The van der Waals surface area contributed by atoms with Gasteiger partial charge in [0.2, 0.25) is 0 Å². The van der Waals surface area contributed by atoms with Crippen LogP contribution in [0.3, 0.4) is 0 Å². The number of benzene rings is 2. The standard InChI is InChI=1S/C20H14F3NO3S/c21-14-5-3-12(4-6-14)19(17-2-1-7-28-17)24-18(25)11-27-20(26)13-8-15(22)10-16(23)9-13/h1-10,19H,11H2,(H,24,25)/t19-/m0/s1. The van der Waals surface area contributed by atoms with E-state index >= 15 is 0 Å². The first-order valence-electron chi connectivity index (χ1n) is 8.14. The fourth-order valence-corrected chi connectivity index (χ4v) is 3.32. The Balaban J connectivity index is 1.67. The van der Waals surface area contributed by atoms with Crippen molar-refractivity contribution in [1.82, 2.24) is 5.32 Å². The van der Waals surface area contributed by atoms with Crippen LogP contribution in [0.2, 0.25) is 0 Å². The molecule has 0 radical (unpaired) electrons. The molecule has 1 N–H and O–H groups in total. The smallest absolute Gasteiger partial charge is 0.338 e. The molecule has 0 aliphatic carbocycles. The van der Waals surface area contributed by atoms with Gasteiger partial charge in [0.05, 0.1) is 11.6 Å². The van der Waals surface area contributed by atoms with E-state index in [1.165, 1.54) is 23.5 Å². The van der Waals surface area contributed by atoms with Gasteiger partial charge in [-0.2, -0.15) is 0 Å². The predicted molar refractivity (Wildman–Crippen MR) is 97.3 cm³/mol. The quantitative estimate of drug-likeness (QED) is 0.625. The minimum Gasteiger partial charge on any atom is -0.452 e. The number of ether oxygens (including phenoxy) is 1. The van der Waals surface area contributed by atoms with E-state index in [4.69, 9.17) is 4.74 Å². The van der Waals surface area contributed by atoms with Crippen LogP contribution in [0.15, 0.2) is 60.0 Å². The van der Waals surface area contributed by atoms with Gasteiger partial charge in [0.1, 0.15) is 17.5 Å². The Bertz CT molecular complexity index is 955. The van der Waals surface area contributed by atoms with Gasteiger partial charge in [0, 0.05) is 10.9 Å². The van der Waals surface area contributed by atoms with E-state index in [1.54, 1.807) is 24.3 Å². The third-order valence-electron chi connectivity index (χ3n) is 3.77. The highest BCUT2D eigenvalue weighted by atomic mass is 32.1. The van der Waals surface area contributed by atoms with E-state index in [-0.39, 0.29) is 5.56 Å². The molecule has 2 aromatic carbocycles. The first kappa shape index (κ1) is 19.6. The summed E-state index contributed by atoms with van der Waals surface area (Å²) >= 11 is 1.40. The van der Waals surface area contributed by atoms with Crippen molar-refractivity contribution < 1.29 is 27.5 Å². The highest BCUT2D eigenvalue weighted by molar-refractivity contribution is 7.10. The average molecular weight is 405 g/mol. The van der Waals surface area contributed by atoms with Gasteiger partial charge in [0.15, 0.2) is 6.61 Å². The Kier molecular flexibility index (Phi) is 6.10. The summed E-state index contributed by atoms with van der Waals surface area (Å²) < 4.78 is 44.4. The van der Waals surface area contributed by atoms with Gasteiger partial charge in [-0.3, -0.25) is 4.79 Å². The number of nitrogens with one attached hydrogen (secondary N) is 1. The lowest BCUT2D eigenvalue weighted by Crippen LogP contribution is -2.32. The van der Waals surface area contributed by atoms with Crippen LogP contribution in [0.25, 0.3) is 0 Å². The van der Waals surface area contributed by atoms with Crippen molar-refractivity contribution >= 4 is 23.2 Å². The number of hydrogen-bond donors (Lipinski definition) is 1. The first-order valence-corrected chi connectivity index (χ1v) is 9.02. The molecule has 1 atom stereocenters. The zero-order valence-corrected chi connectivity index (χ0v) is 15.1. The number of halogens is 3. The average Bonchev–Trinajstić information content (AvgIpc) is 3.18. The normalized spacial score (nSPS) is 11.7. The number of amides is 1. The molecule has 0 spiro atoms. The van der Waals surface area contributed by atoms with Gasteiger partial charge in [-0.05, 0) is 41.3 Å². The number of hydrogen-bond acceptors (Lipinski definition) is 4. The van der Waals surface area contributed by atoms with Gasteiger partial charge in [0.25, 0.3) is 5.91 Å². The van der Waals surface area contributed by atoms with Gasteiger partial charge >= 0.3 is 5.97 Å². The number of thiophene rings is 1. The van der Waals surface area contributed by atoms with Crippen LogP contribution in [0.4, 0.5) is 13.2 Å². The molecule has 0 unspecified atom stereocenters. The molecule has 0 fully saturated rings. The van der Waals surface area contributed by atoms with Crippen molar-refractivity contribution in [2.75, 3.05) is 6.61 Å². The number of esters is 1. The number of carbonyl (C=O) groups excluding carboxylic acids is 2. The van der Waals surface area contributed by atoms with Crippen LogP contribution >= 0.6 is 11.3 Å². The molecule has 0 aliphatic heterocycles. The first-order chi connectivity index (χ1) is 13.4. The second-order valence-corrected chi connectivity index (χ2v) is 6.78. The van der Waals surface area contributed by atoms with E-state index in [2.05, 4.69) is 5.32 Å². The van der Waals surface area contributed by atoms with Crippen molar-refractivity contribution in [3.63, 3.8) is 0 Å². The Hall–Kier alpha value is -3.13. The van der Waals surface area contributed by atoms with Crippen molar-refractivity contribution in [3.05, 3.63) is 93.4 Å². The minimum atomic E-state index is -1.02. The van der Waals surface area contributed by atoms with E-state index in [1.807, 2.05) is 5.38 Å². The molecule has 1 aromatic heterocycles. The Labute approximate surface area is 162 Å². The summed E-state index contributed by atoms with van der Waals surface area (Å²) in [5.74, 6) is -3.90. The van der Waals surface area contributed by atoms with E-state index in [0.717, 1.165) is 17.0 Å². The third kappa shape index (κ3) is 4.98. The van der Waals surface area contributed by atoms with E-state index < -0.39 is 42.0 Å². The van der Waals surface area contributed by atoms with Gasteiger partial charge in [-0.15, -0.1) is 11.3 Å². The van der Waals surface area contributed by atoms with Gasteiger partial charge in [-0.1, -0.05) is 18.2 Å². The molecule has 0 saturated heterocycles. The second kappa shape index (κ2) is 8.71. The molecule has 28 heavy (non-hydrogen) atoms.